The molecule has 5 nitrogen and oxygen atoms in total. The summed E-state index contributed by atoms with van der Waals surface area (Å²) < 4.78 is 5.38. The third-order valence-electron chi connectivity index (χ3n) is 6.66. The maximum atomic E-state index is 13.3. The van der Waals surface area contributed by atoms with Crippen molar-refractivity contribution in [3.05, 3.63) is 71.8 Å². The summed E-state index contributed by atoms with van der Waals surface area (Å²) in [5.74, 6) is 0.190. The lowest BCUT2D eigenvalue weighted by atomic mass is 9.78. The molecule has 0 aromatic heterocycles. The zero-order chi connectivity index (χ0) is 21.5. The van der Waals surface area contributed by atoms with Gasteiger partial charge in [-0.25, -0.2) is 0 Å². The van der Waals surface area contributed by atoms with Crippen molar-refractivity contribution in [3.63, 3.8) is 0 Å². The van der Waals surface area contributed by atoms with Gasteiger partial charge in [0.15, 0.2) is 0 Å². The number of nitrogens with zero attached hydrogens (tertiary/aromatic N) is 1. The molecule has 0 spiro atoms. The first-order chi connectivity index (χ1) is 15.2. The number of morpholine rings is 1. The summed E-state index contributed by atoms with van der Waals surface area (Å²) in [6, 6.07) is 20.0. The molecule has 4 rings (SSSR count). The molecule has 1 aliphatic carbocycles. The van der Waals surface area contributed by atoms with Gasteiger partial charge in [-0.1, -0.05) is 73.5 Å². The Balaban J connectivity index is 1.47. The molecule has 1 aliphatic heterocycles. The van der Waals surface area contributed by atoms with Crippen LogP contribution in [0, 0.1) is 5.41 Å². The SMILES string of the molecule is O=C(CC1(CC(=O)N2CCOCC2)CCCC1)NC(c1ccccc1)c1ccccc1. The van der Waals surface area contributed by atoms with Crippen molar-refractivity contribution in [3.8, 4) is 0 Å². The topological polar surface area (TPSA) is 58.6 Å². The van der Waals surface area contributed by atoms with E-state index in [4.69, 9.17) is 4.74 Å². The summed E-state index contributed by atoms with van der Waals surface area (Å²) in [5, 5.41) is 3.27. The molecule has 0 unspecified atom stereocenters. The fourth-order valence-electron chi connectivity index (χ4n) is 4.99. The highest BCUT2D eigenvalue weighted by molar-refractivity contribution is 5.81. The van der Waals surface area contributed by atoms with E-state index < -0.39 is 0 Å². The van der Waals surface area contributed by atoms with Gasteiger partial charge in [-0.15, -0.1) is 0 Å². The van der Waals surface area contributed by atoms with Gasteiger partial charge in [0.1, 0.15) is 0 Å². The summed E-state index contributed by atoms with van der Waals surface area (Å²) in [6.07, 6.45) is 4.92. The van der Waals surface area contributed by atoms with Crippen LogP contribution in [0.1, 0.15) is 55.7 Å². The molecule has 0 atom stereocenters. The minimum Gasteiger partial charge on any atom is -0.378 e. The monoisotopic (exact) mass is 420 g/mol. The smallest absolute Gasteiger partial charge is 0.223 e. The van der Waals surface area contributed by atoms with Gasteiger partial charge in [0.25, 0.3) is 0 Å². The van der Waals surface area contributed by atoms with Crippen molar-refractivity contribution < 1.29 is 14.3 Å². The molecule has 2 aromatic rings. The van der Waals surface area contributed by atoms with E-state index in [2.05, 4.69) is 5.32 Å². The van der Waals surface area contributed by atoms with E-state index in [0.717, 1.165) is 36.8 Å². The lowest BCUT2D eigenvalue weighted by molar-refractivity contribution is -0.138. The molecule has 31 heavy (non-hydrogen) atoms. The zero-order valence-electron chi connectivity index (χ0n) is 18.1. The van der Waals surface area contributed by atoms with Crippen molar-refractivity contribution in [2.24, 2.45) is 5.41 Å². The Morgan fingerprint density at radius 2 is 1.42 bits per heavy atom. The Hall–Kier alpha value is -2.66. The predicted molar refractivity (Wildman–Crippen MR) is 120 cm³/mol. The van der Waals surface area contributed by atoms with Crippen molar-refractivity contribution in [2.45, 2.75) is 44.6 Å². The molecule has 2 fully saturated rings. The number of hydrogen-bond donors (Lipinski definition) is 1. The fraction of sp³-hybridized carbons (Fsp3) is 0.462. The zero-order valence-corrected chi connectivity index (χ0v) is 18.1. The van der Waals surface area contributed by atoms with Gasteiger partial charge in [-0.3, -0.25) is 9.59 Å². The average Bonchev–Trinajstić information content (AvgIpc) is 3.27. The summed E-state index contributed by atoms with van der Waals surface area (Å²) in [4.78, 5) is 28.1. The quantitative estimate of drug-likeness (QED) is 0.734. The van der Waals surface area contributed by atoms with Gasteiger partial charge < -0.3 is 15.0 Å². The summed E-state index contributed by atoms with van der Waals surface area (Å²) in [6.45, 7) is 2.53. The van der Waals surface area contributed by atoms with Crippen LogP contribution in [0.25, 0.3) is 0 Å². The Labute approximate surface area is 184 Å². The van der Waals surface area contributed by atoms with E-state index >= 15 is 0 Å². The molecule has 1 N–H and O–H groups in total. The molecule has 1 saturated heterocycles. The highest BCUT2D eigenvalue weighted by Crippen LogP contribution is 2.44. The molecule has 2 aliphatic rings. The average molecular weight is 421 g/mol. The Morgan fingerprint density at radius 1 is 0.871 bits per heavy atom. The van der Waals surface area contributed by atoms with Gasteiger partial charge >= 0.3 is 0 Å². The second kappa shape index (κ2) is 10.1. The van der Waals surface area contributed by atoms with Gasteiger partial charge in [-0.05, 0) is 29.4 Å². The number of carbonyl (C=O) groups is 2. The fourth-order valence-corrected chi connectivity index (χ4v) is 4.99. The van der Waals surface area contributed by atoms with Gasteiger partial charge in [0.2, 0.25) is 11.8 Å². The van der Waals surface area contributed by atoms with E-state index in [9.17, 15) is 9.59 Å². The largest absolute Gasteiger partial charge is 0.378 e. The van der Waals surface area contributed by atoms with Gasteiger partial charge in [0, 0.05) is 25.9 Å². The number of hydrogen-bond acceptors (Lipinski definition) is 3. The third-order valence-corrected chi connectivity index (χ3v) is 6.66. The first kappa shape index (κ1) is 21.6. The van der Waals surface area contributed by atoms with Crippen molar-refractivity contribution in [2.75, 3.05) is 26.3 Å². The van der Waals surface area contributed by atoms with Crippen molar-refractivity contribution in [1.82, 2.24) is 10.2 Å². The maximum Gasteiger partial charge on any atom is 0.223 e. The molecular weight excluding hydrogens is 388 g/mol. The summed E-state index contributed by atoms with van der Waals surface area (Å²) >= 11 is 0. The number of benzene rings is 2. The molecule has 0 bridgehead atoms. The Bertz CT molecular complexity index is 817. The van der Waals surface area contributed by atoms with Crippen LogP contribution in [0.2, 0.25) is 0 Å². The van der Waals surface area contributed by atoms with Crippen LogP contribution in [-0.4, -0.2) is 43.0 Å². The lowest BCUT2D eigenvalue weighted by Crippen LogP contribution is -2.43. The predicted octanol–water partition coefficient (Wildman–Crippen LogP) is 4.09. The molecule has 1 saturated carbocycles. The minimum atomic E-state index is -0.225. The van der Waals surface area contributed by atoms with Gasteiger partial charge in [-0.2, -0.15) is 0 Å². The van der Waals surface area contributed by atoms with E-state index in [1.165, 1.54) is 0 Å². The third kappa shape index (κ3) is 5.53. The van der Waals surface area contributed by atoms with Crippen molar-refractivity contribution in [1.29, 1.82) is 0 Å². The van der Waals surface area contributed by atoms with Crippen LogP contribution in [0.5, 0.6) is 0 Å². The Kier molecular flexibility index (Phi) is 7.03. The highest BCUT2D eigenvalue weighted by atomic mass is 16.5. The van der Waals surface area contributed by atoms with Crippen molar-refractivity contribution >= 4 is 11.8 Å². The summed E-state index contributed by atoms with van der Waals surface area (Å²) in [7, 11) is 0. The van der Waals surface area contributed by atoms with E-state index in [1.54, 1.807) is 0 Å². The normalized spacial score (nSPS) is 18.2. The van der Waals surface area contributed by atoms with Crippen LogP contribution >= 0.6 is 0 Å². The molecule has 5 heteroatoms. The van der Waals surface area contributed by atoms with Crippen LogP contribution in [0.15, 0.2) is 60.7 Å². The molecule has 1 heterocycles. The number of amides is 2. The summed E-state index contributed by atoms with van der Waals surface area (Å²) in [5.41, 5.74) is 1.90. The number of carbonyl (C=O) groups excluding carboxylic acids is 2. The first-order valence-corrected chi connectivity index (χ1v) is 11.4. The number of nitrogens with one attached hydrogen (secondary N) is 1. The second-order valence-electron chi connectivity index (χ2n) is 8.88. The molecule has 2 aromatic carbocycles. The van der Waals surface area contributed by atoms with Crippen LogP contribution in [0.3, 0.4) is 0 Å². The van der Waals surface area contributed by atoms with Crippen LogP contribution in [0.4, 0.5) is 0 Å². The molecular formula is C26H32N2O3. The Morgan fingerprint density at radius 3 is 1.97 bits per heavy atom. The number of ether oxygens (including phenoxy) is 1. The van der Waals surface area contributed by atoms with E-state index in [1.807, 2.05) is 65.6 Å². The molecule has 0 radical (unpaired) electrons. The maximum absolute atomic E-state index is 13.3. The highest BCUT2D eigenvalue weighted by Gasteiger charge is 2.39. The number of rotatable bonds is 7. The van der Waals surface area contributed by atoms with E-state index in [-0.39, 0.29) is 23.3 Å². The van der Waals surface area contributed by atoms with Gasteiger partial charge in [0.05, 0.1) is 19.3 Å². The molecule has 2 amide bonds. The van der Waals surface area contributed by atoms with Crippen LogP contribution < -0.4 is 5.32 Å². The first-order valence-electron chi connectivity index (χ1n) is 11.4. The standard InChI is InChI=1S/C26H32N2O3/c29-23(27-25(21-9-3-1-4-10-21)22-11-5-2-6-12-22)19-26(13-7-8-14-26)20-24(30)28-15-17-31-18-16-28/h1-6,9-12,25H,7-8,13-20H2,(H,27,29). The second-order valence-corrected chi connectivity index (χ2v) is 8.88. The minimum absolute atomic E-state index is 0.0226. The lowest BCUT2D eigenvalue weighted by Gasteiger charge is -2.33. The van der Waals surface area contributed by atoms with E-state index in [0.29, 0.717) is 39.1 Å². The molecule has 164 valence electrons. The van der Waals surface area contributed by atoms with Crippen LogP contribution in [-0.2, 0) is 14.3 Å².